The van der Waals surface area contributed by atoms with Crippen molar-refractivity contribution in [2.75, 3.05) is 6.61 Å². The first kappa shape index (κ1) is 33.0. The van der Waals surface area contributed by atoms with Crippen LogP contribution >= 0.6 is 0 Å². The standard InChI is InChI=1S/C40H60O6/c1-7-11-28-38-15-14-27-35(4)19-18-33(2)16-17-34(3,32(43)44)23-29(33)36(35,5)20-21-37(27,6)39(38,25-41)30(42)24-40(28,45)46-31(38)22-26-12-9-8-10-13-26/h8-10,12-13,27-31,41-42,45H,7,11,14-25H2,1-6H3,(H,43,44)/t27-,28-,29+,30-,31-,33-,34+,35-,36-,37+,38+,39-,40-/m0/s1. The van der Waals surface area contributed by atoms with Gasteiger partial charge in [-0.1, -0.05) is 71.4 Å². The molecule has 0 unspecified atom stereocenters. The lowest BCUT2D eigenvalue weighted by molar-refractivity contribution is -0.336. The molecule has 0 amide bonds. The average molecular weight is 637 g/mol. The van der Waals surface area contributed by atoms with Crippen molar-refractivity contribution in [1.29, 1.82) is 0 Å². The van der Waals surface area contributed by atoms with Crippen LogP contribution in [-0.4, -0.2) is 51.0 Å². The first-order chi connectivity index (χ1) is 21.6. The van der Waals surface area contributed by atoms with Crippen molar-refractivity contribution in [3.05, 3.63) is 35.9 Å². The van der Waals surface area contributed by atoms with Crippen molar-refractivity contribution in [1.82, 2.24) is 0 Å². The molecule has 1 aromatic carbocycles. The van der Waals surface area contributed by atoms with Crippen LogP contribution in [0.3, 0.4) is 0 Å². The van der Waals surface area contributed by atoms with Gasteiger partial charge in [0, 0.05) is 23.2 Å². The van der Waals surface area contributed by atoms with Crippen LogP contribution in [-0.2, 0) is 16.0 Å². The van der Waals surface area contributed by atoms with Crippen molar-refractivity contribution in [2.24, 2.45) is 55.7 Å². The Labute approximate surface area is 276 Å². The highest BCUT2D eigenvalue weighted by atomic mass is 16.6. The predicted octanol–water partition coefficient (Wildman–Crippen LogP) is 7.38. The molecular formula is C40H60O6. The van der Waals surface area contributed by atoms with E-state index < -0.39 is 34.1 Å². The fraction of sp³-hybridized carbons (Fsp3) is 0.825. The van der Waals surface area contributed by atoms with E-state index in [0.717, 1.165) is 76.2 Å². The summed E-state index contributed by atoms with van der Waals surface area (Å²) in [5.41, 5.74) is -1.26. The maximum absolute atomic E-state index is 12.6. The van der Waals surface area contributed by atoms with Gasteiger partial charge in [-0.05, 0) is 117 Å². The number of carbonyl (C=O) groups is 1. The van der Waals surface area contributed by atoms with Gasteiger partial charge in [-0.3, -0.25) is 4.79 Å². The Bertz CT molecular complexity index is 1370. The summed E-state index contributed by atoms with van der Waals surface area (Å²) in [6, 6.07) is 10.4. The highest BCUT2D eigenvalue weighted by molar-refractivity contribution is 5.74. The Morgan fingerprint density at radius 1 is 0.870 bits per heavy atom. The minimum atomic E-state index is -1.40. The lowest BCUT2D eigenvalue weighted by Gasteiger charge is -2.78. The molecule has 1 spiro atoms. The molecule has 0 aromatic heterocycles. The molecule has 4 N–H and O–H groups in total. The van der Waals surface area contributed by atoms with Gasteiger partial charge in [0.25, 0.3) is 0 Å². The third-order valence-electron chi connectivity index (χ3n) is 17.2. The molecule has 46 heavy (non-hydrogen) atoms. The maximum Gasteiger partial charge on any atom is 0.309 e. The number of ether oxygens (including phenoxy) is 1. The molecule has 7 rings (SSSR count). The lowest BCUT2D eigenvalue weighted by Crippen LogP contribution is -2.77. The molecule has 0 radical (unpaired) electrons. The van der Waals surface area contributed by atoms with E-state index >= 15 is 0 Å². The molecule has 13 atom stereocenters. The van der Waals surface area contributed by atoms with E-state index in [1.165, 1.54) is 0 Å². The van der Waals surface area contributed by atoms with Gasteiger partial charge in [0.05, 0.1) is 24.2 Å². The summed E-state index contributed by atoms with van der Waals surface area (Å²) in [4.78, 5) is 12.6. The van der Waals surface area contributed by atoms with Gasteiger partial charge in [-0.25, -0.2) is 0 Å². The zero-order valence-electron chi connectivity index (χ0n) is 29.3. The van der Waals surface area contributed by atoms with Crippen molar-refractivity contribution < 1.29 is 30.0 Å². The Balaban J connectivity index is 1.36. The van der Waals surface area contributed by atoms with Crippen LogP contribution in [0.15, 0.2) is 30.3 Å². The van der Waals surface area contributed by atoms with Gasteiger partial charge in [0.2, 0.25) is 0 Å². The topological polar surface area (TPSA) is 107 Å². The average Bonchev–Trinajstić information content (AvgIpc) is 3.17. The third-order valence-corrected chi connectivity index (χ3v) is 17.2. The van der Waals surface area contributed by atoms with E-state index in [-0.39, 0.29) is 52.6 Å². The summed E-state index contributed by atoms with van der Waals surface area (Å²) in [5, 5.41) is 47.1. The smallest absolute Gasteiger partial charge is 0.309 e. The number of rotatable bonds is 6. The van der Waals surface area contributed by atoms with Crippen LogP contribution in [0.2, 0.25) is 0 Å². The van der Waals surface area contributed by atoms with Crippen LogP contribution in [0.5, 0.6) is 0 Å². The minimum absolute atomic E-state index is 0.0404. The Kier molecular flexibility index (Phi) is 7.38. The number of carboxylic acid groups (broad SMARTS) is 1. The number of aliphatic hydroxyl groups is 3. The molecule has 1 aliphatic heterocycles. The zero-order chi connectivity index (χ0) is 33.2. The first-order valence-corrected chi connectivity index (χ1v) is 18.5. The third kappa shape index (κ3) is 3.77. The largest absolute Gasteiger partial charge is 0.481 e. The number of carboxylic acids is 1. The van der Waals surface area contributed by atoms with Gasteiger partial charge < -0.3 is 25.2 Å². The Hall–Kier alpha value is -1.47. The highest BCUT2D eigenvalue weighted by Crippen LogP contribution is 2.83. The summed E-state index contributed by atoms with van der Waals surface area (Å²) >= 11 is 0. The van der Waals surface area contributed by atoms with Gasteiger partial charge >= 0.3 is 5.97 Å². The summed E-state index contributed by atoms with van der Waals surface area (Å²) in [6.07, 6.45) is 9.60. The highest BCUT2D eigenvalue weighted by Gasteiger charge is 2.83. The van der Waals surface area contributed by atoms with Crippen LogP contribution in [0.25, 0.3) is 0 Å². The summed E-state index contributed by atoms with van der Waals surface area (Å²) in [5.74, 6) is -1.64. The van der Waals surface area contributed by atoms with E-state index in [9.17, 15) is 25.2 Å². The number of aliphatic hydroxyl groups excluding tert-OH is 2. The number of hydrogen-bond donors (Lipinski definition) is 4. The summed E-state index contributed by atoms with van der Waals surface area (Å²) < 4.78 is 6.83. The lowest BCUT2D eigenvalue weighted by atomic mass is 9.26. The number of fused-ring (bicyclic) bond motifs is 7. The number of aliphatic carboxylic acids is 1. The second-order valence-corrected chi connectivity index (χ2v) is 18.5. The second-order valence-electron chi connectivity index (χ2n) is 18.5. The fourth-order valence-electron chi connectivity index (χ4n) is 14.6. The van der Waals surface area contributed by atoms with Gasteiger partial charge in [0.1, 0.15) is 0 Å². The Morgan fingerprint density at radius 3 is 2.15 bits per heavy atom. The van der Waals surface area contributed by atoms with E-state index in [4.69, 9.17) is 4.74 Å². The molecule has 6 aliphatic rings. The van der Waals surface area contributed by atoms with E-state index in [2.05, 4.69) is 58.9 Å². The van der Waals surface area contributed by atoms with Gasteiger partial charge in [-0.15, -0.1) is 0 Å². The van der Waals surface area contributed by atoms with Crippen molar-refractivity contribution >= 4 is 5.97 Å². The minimum Gasteiger partial charge on any atom is -0.481 e. The van der Waals surface area contributed by atoms with Crippen molar-refractivity contribution in [3.63, 3.8) is 0 Å². The van der Waals surface area contributed by atoms with Crippen LogP contribution in [0, 0.1) is 55.7 Å². The van der Waals surface area contributed by atoms with Crippen molar-refractivity contribution in [3.8, 4) is 0 Å². The number of benzene rings is 1. The molecule has 6 fully saturated rings. The van der Waals surface area contributed by atoms with Gasteiger partial charge in [0.15, 0.2) is 5.79 Å². The van der Waals surface area contributed by atoms with E-state index in [1.807, 2.05) is 13.0 Å². The number of hydrogen-bond acceptors (Lipinski definition) is 5. The molecule has 1 heterocycles. The first-order valence-electron chi connectivity index (χ1n) is 18.5. The molecule has 2 bridgehead atoms. The molecule has 6 heteroatoms. The monoisotopic (exact) mass is 636 g/mol. The molecule has 256 valence electrons. The Morgan fingerprint density at radius 2 is 1.50 bits per heavy atom. The fourth-order valence-corrected chi connectivity index (χ4v) is 14.6. The molecule has 1 saturated heterocycles. The molecule has 1 aromatic rings. The van der Waals surface area contributed by atoms with Crippen LogP contribution < -0.4 is 0 Å². The van der Waals surface area contributed by atoms with Gasteiger partial charge in [-0.2, -0.15) is 0 Å². The molecule has 5 saturated carbocycles. The SMILES string of the molecule is CCC[C@H]1[C@@]23CC[C@H]4[C@]5(C)CC[C@]6(C)CC[C@@](C)(C(=O)O)C[C@H]6[C@]5(C)CC[C@@]4(C)[C@]2(CO)[C@@H](O)C[C@]1(O)O[C@H]3Cc1ccccc1. The quantitative estimate of drug-likeness (QED) is 0.260. The van der Waals surface area contributed by atoms with Crippen molar-refractivity contribution in [2.45, 2.75) is 143 Å². The van der Waals surface area contributed by atoms with Crippen LogP contribution in [0.1, 0.15) is 124 Å². The summed E-state index contributed by atoms with van der Waals surface area (Å²) in [7, 11) is 0. The van der Waals surface area contributed by atoms with E-state index in [1.54, 1.807) is 0 Å². The molecule has 5 aliphatic carbocycles. The molecule has 6 nitrogen and oxygen atoms in total. The molecular weight excluding hydrogens is 576 g/mol. The predicted molar refractivity (Wildman–Crippen MR) is 178 cm³/mol. The summed E-state index contributed by atoms with van der Waals surface area (Å²) in [6.45, 7) is 13.9. The van der Waals surface area contributed by atoms with Crippen LogP contribution in [0.4, 0.5) is 0 Å². The maximum atomic E-state index is 12.6. The van der Waals surface area contributed by atoms with E-state index in [0.29, 0.717) is 12.3 Å². The second kappa shape index (κ2) is 10.3. The zero-order valence-corrected chi connectivity index (χ0v) is 29.3. The normalized spacial score (nSPS) is 54.2.